The highest BCUT2D eigenvalue weighted by Gasteiger charge is 2.28. The smallest absolute Gasteiger partial charge is 0.0678 e. The number of benzene rings is 2. The molecule has 2 aromatic rings. The lowest BCUT2D eigenvalue weighted by Crippen LogP contribution is -2.37. The van der Waals surface area contributed by atoms with Crippen molar-refractivity contribution in [2.45, 2.75) is 51.1 Å². The molecular formula is C25H31NO. The molecule has 0 aliphatic heterocycles. The quantitative estimate of drug-likeness (QED) is 0.732. The Morgan fingerprint density at radius 2 is 1.96 bits per heavy atom. The van der Waals surface area contributed by atoms with E-state index in [1.807, 2.05) is 0 Å². The molecule has 0 bridgehead atoms. The number of allylic oxidation sites excluding steroid dienone is 2. The monoisotopic (exact) mass is 361 g/mol. The number of rotatable bonds is 5. The summed E-state index contributed by atoms with van der Waals surface area (Å²) >= 11 is 0. The van der Waals surface area contributed by atoms with Crippen molar-refractivity contribution in [3.05, 3.63) is 71.8 Å². The minimum Gasteiger partial charge on any atom is -0.392 e. The van der Waals surface area contributed by atoms with Crippen LogP contribution in [0, 0.1) is 11.8 Å². The number of aliphatic hydroxyl groups excluding tert-OH is 1. The van der Waals surface area contributed by atoms with Gasteiger partial charge in [-0.05, 0) is 66.4 Å². The molecule has 142 valence electrons. The summed E-state index contributed by atoms with van der Waals surface area (Å²) in [4.78, 5) is 0. The summed E-state index contributed by atoms with van der Waals surface area (Å²) in [6, 6.07) is 16.3. The van der Waals surface area contributed by atoms with Gasteiger partial charge in [-0.2, -0.15) is 0 Å². The Morgan fingerprint density at radius 3 is 2.78 bits per heavy atom. The van der Waals surface area contributed by atoms with Crippen molar-refractivity contribution in [2.75, 3.05) is 6.61 Å². The third kappa shape index (κ3) is 4.17. The topological polar surface area (TPSA) is 32.3 Å². The summed E-state index contributed by atoms with van der Waals surface area (Å²) in [6.45, 7) is 2.47. The molecule has 1 saturated carbocycles. The van der Waals surface area contributed by atoms with E-state index >= 15 is 0 Å². The Kier molecular flexibility index (Phi) is 5.75. The highest BCUT2D eigenvalue weighted by Crippen LogP contribution is 2.36. The molecule has 2 aliphatic rings. The van der Waals surface area contributed by atoms with E-state index in [1.54, 1.807) is 0 Å². The van der Waals surface area contributed by atoms with Crippen molar-refractivity contribution in [1.82, 2.24) is 5.32 Å². The van der Waals surface area contributed by atoms with Gasteiger partial charge in [-0.15, -0.1) is 0 Å². The highest BCUT2D eigenvalue weighted by molar-refractivity contribution is 5.86. The van der Waals surface area contributed by atoms with Gasteiger partial charge in [0.1, 0.15) is 0 Å². The Balaban J connectivity index is 1.42. The van der Waals surface area contributed by atoms with E-state index in [0.29, 0.717) is 18.0 Å². The first-order valence-electron chi connectivity index (χ1n) is 10.5. The second kappa shape index (κ2) is 8.41. The molecule has 2 nitrogen and oxygen atoms in total. The van der Waals surface area contributed by atoms with Crippen molar-refractivity contribution in [2.24, 2.45) is 11.8 Å². The van der Waals surface area contributed by atoms with E-state index in [-0.39, 0.29) is 6.61 Å². The summed E-state index contributed by atoms with van der Waals surface area (Å²) in [5.41, 5.74) is 2.48. The van der Waals surface area contributed by atoms with Gasteiger partial charge in [0.25, 0.3) is 0 Å². The van der Waals surface area contributed by atoms with E-state index in [1.165, 1.54) is 42.0 Å². The molecule has 2 N–H and O–H groups in total. The maximum atomic E-state index is 9.28. The van der Waals surface area contributed by atoms with Crippen LogP contribution in [0.25, 0.3) is 10.8 Å². The Labute approximate surface area is 163 Å². The largest absolute Gasteiger partial charge is 0.392 e. The third-order valence-corrected chi connectivity index (χ3v) is 6.49. The van der Waals surface area contributed by atoms with Crippen LogP contribution < -0.4 is 5.32 Å². The maximum absolute atomic E-state index is 9.28. The van der Waals surface area contributed by atoms with Crippen LogP contribution in [0.1, 0.15) is 50.6 Å². The van der Waals surface area contributed by atoms with Gasteiger partial charge in [0.2, 0.25) is 0 Å². The molecule has 0 amide bonds. The summed E-state index contributed by atoms with van der Waals surface area (Å²) < 4.78 is 0. The molecule has 0 heterocycles. The Morgan fingerprint density at radius 1 is 1.11 bits per heavy atom. The first kappa shape index (κ1) is 18.5. The highest BCUT2D eigenvalue weighted by atomic mass is 16.3. The van der Waals surface area contributed by atoms with Crippen molar-refractivity contribution in [3.63, 3.8) is 0 Å². The predicted molar refractivity (Wildman–Crippen MR) is 114 cm³/mol. The van der Waals surface area contributed by atoms with Gasteiger partial charge in [-0.25, -0.2) is 0 Å². The molecule has 1 unspecified atom stereocenters. The normalized spacial score (nSPS) is 26.7. The van der Waals surface area contributed by atoms with E-state index in [2.05, 4.69) is 72.9 Å². The zero-order valence-electron chi connectivity index (χ0n) is 16.3. The lowest BCUT2D eigenvalue weighted by atomic mass is 9.75. The van der Waals surface area contributed by atoms with Gasteiger partial charge in [-0.3, -0.25) is 0 Å². The van der Waals surface area contributed by atoms with Crippen LogP contribution in [-0.2, 0) is 0 Å². The first-order valence-corrected chi connectivity index (χ1v) is 10.5. The van der Waals surface area contributed by atoms with Crippen molar-refractivity contribution >= 4 is 10.8 Å². The predicted octanol–water partition coefficient (Wildman–Crippen LogP) is 5.54. The number of nitrogens with one attached hydrogen (secondary N) is 1. The van der Waals surface area contributed by atoms with Crippen molar-refractivity contribution in [3.8, 4) is 0 Å². The molecule has 1 fully saturated rings. The van der Waals surface area contributed by atoms with Gasteiger partial charge in [-0.1, -0.05) is 67.1 Å². The van der Waals surface area contributed by atoms with Gasteiger partial charge in [0.15, 0.2) is 0 Å². The molecule has 2 heteroatoms. The van der Waals surface area contributed by atoms with Crippen LogP contribution in [0.5, 0.6) is 0 Å². The Bertz CT molecular complexity index is 832. The van der Waals surface area contributed by atoms with Crippen LogP contribution in [0.3, 0.4) is 0 Å². The van der Waals surface area contributed by atoms with Gasteiger partial charge in [0.05, 0.1) is 6.61 Å². The second-order valence-corrected chi connectivity index (χ2v) is 8.28. The van der Waals surface area contributed by atoms with E-state index in [0.717, 1.165) is 17.9 Å². The summed E-state index contributed by atoms with van der Waals surface area (Å²) in [5, 5.41) is 15.9. The fourth-order valence-corrected chi connectivity index (χ4v) is 4.99. The molecule has 4 atom stereocenters. The maximum Gasteiger partial charge on any atom is 0.0678 e. The SMILES string of the molecule is C[C@@H](N[C@H]1CCC[C@H](C2C=CC(CO)=CC2)C1)c1cccc2ccccc12. The second-order valence-electron chi connectivity index (χ2n) is 8.28. The summed E-state index contributed by atoms with van der Waals surface area (Å²) in [6.07, 6.45) is 13.0. The molecule has 2 aliphatic carbocycles. The summed E-state index contributed by atoms with van der Waals surface area (Å²) in [7, 11) is 0. The number of hydrogen-bond acceptors (Lipinski definition) is 2. The molecular weight excluding hydrogens is 330 g/mol. The van der Waals surface area contributed by atoms with Crippen LogP contribution >= 0.6 is 0 Å². The number of hydrogen-bond donors (Lipinski definition) is 2. The molecule has 4 rings (SSSR count). The molecule has 0 aromatic heterocycles. The van der Waals surface area contributed by atoms with E-state index in [4.69, 9.17) is 0 Å². The lowest BCUT2D eigenvalue weighted by Gasteiger charge is -2.36. The lowest BCUT2D eigenvalue weighted by molar-refractivity contribution is 0.227. The van der Waals surface area contributed by atoms with Gasteiger partial charge in [0, 0.05) is 12.1 Å². The average molecular weight is 362 g/mol. The average Bonchev–Trinajstić information content (AvgIpc) is 2.73. The Hall–Kier alpha value is -1.90. The van der Waals surface area contributed by atoms with Crippen molar-refractivity contribution in [1.29, 1.82) is 0 Å². The van der Waals surface area contributed by atoms with Gasteiger partial charge >= 0.3 is 0 Å². The number of fused-ring (bicyclic) bond motifs is 1. The van der Waals surface area contributed by atoms with Crippen molar-refractivity contribution < 1.29 is 5.11 Å². The minimum absolute atomic E-state index is 0.167. The van der Waals surface area contributed by atoms with Gasteiger partial charge < -0.3 is 10.4 Å². The summed E-state index contributed by atoms with van der Waals surface area (Å²) in [5.74, 6) is 1.39. The molecule has 0 saturated heterocycles. The van der Waals surface area contributed by atoms with E-state index < -0.39 is 0 Å². The first-order chi connectivity index (χ1) is 13.2. The molecule has 27 heavy (non-hydrogen) atoms. The molecule has 2 aromatic carbocycles. The fraction of sp³-hybridized carbons (Fsp3) is 0.440. The molecule has 0 spiro atoms. The standard InChI is InChI=1S/C25H31NO/c1-18(24-11-5-7-21-6-2-3-10-25(21)24)26-23-9-4-8-22(16-23)20-14-12-19(17-27)13-15-20/h2-3,5-7,10-14,18,20,22-23,26-27H,4,8-9,15-17H2,1H3/t18-,20?,22+,23+/m1/s1. The zero-order valence-corrected chi connectivity index (χ0v) is 16.3. The molecule has 0 radical (unpaired) electrons. The van der Waals surface area contributed by atoms with Crippen LogP contribution in [0.2, 0.25) is 0 Å². The van der Waals surface area contributed by atoms with Crippen LogP contribution in [0.4, 0.5) is 0 Å². The van der Waals surface area contributed by atoms with E-state index in [9.17, 15) is 5.11 Å². The van der Waals surface area contributed by atoms with Crippen LogP contribution in [0.15, 0.2) is 66.3 Å². The minimum atomic E-state index is 0.167. The number of aliphatic hydroxyl groups is 1. The third-order valence-electron chi connectivity index (χ3n) is 6.49. The van der Waals surface area contributed by atoms with Crippen LogP contribution in [-0.4, -0.2) is 17.8 Å². The fourth-order valence-electron chi connectivity index (χ4n) is 4.99. The zero-order chi connectivity index (χ0) is 18.6.